The van der Waals surface area contributed by atoms with Crippen LogP contribution in [-0.2, 0) is 6.54 Å². The van der Waals surface area contributed by atoms with E-state index in [1.54, 1.807) is 12.5 Å². The van der Waals surface area contributed by atoms with E-state index in [4.69, 9.17) is 11.0 Å². The van der Waals surface area contributed by atoms with E-state index in [9.17, 15) is 4.79 Å². The van der Waals surface area contributed by atoms with Crippen LogP contribution in [0.2, 0.25) is 0 Å². The van der Waals surface area contributed by atoms with Gasteiger partial charge in [-0.15, -0.1) is 0 Å². The van der Waals surface area contributed by atoms with Crippen LogP contribution in [0, 0.1) is 11.3 Å². The summed E-state index contributed by atoms with van der Waals surface area (Å²) in [4.78, 5) is 20.4. The van der Waals surface area contributed by atoms with E-state index in [1.807, 2.05) is 9.47 Å². The lowest BCUT2D eigenvalue weighted by atomic mass is 10.2. The number of aromatic nitrogens is 2. The zero-order valence-corrected chi connectivity index (χ0v) is 11.5. The molecule has 2 N–H and O–H groups in total. The second-order valence-electron chi connectivity index (χ2n) is 4.83. The molecule has 108 valence electrons. The fourth-order valence-electron chi connectivity index (χ4n) is 2.29. The van der Waals surface area contributed by atoms with Crippen molar-refractivity contribution in [2.45, 2.75) is 13.0 Å². The number of nitriles is 1. The molecule has 1 aliphatic heterocycles. The molecule has 0 spiro atoms. The molecule has 1 fully saturated rings. The number of rotatable bonds is 5. The monoisotopic (exact) mass is 276 g/mol. The van der Waals surface area contributed by atoms with Gasteiger partial charge in [-0.25, -0.2) is 4.98 Å². The van der Waals surface area contributed by atoms with E-state index in [-0.39, 0.29) is 5.91 Å². The summed E-state index contributed by atoms with van der Waals surface area (Å²) < 4.78 is 1.83. The van der Waals surface area contributed by atoms with Gasteiger partial charge < -0.3 is 15.2 Å². The molecule has 2 heterocycles. The van der Waals surface area contributed by atoms with Gasteiger partial charge in [-0.3, -0.25) is 9.69 Å². The van der Waals surface area contributed by atoms with Gasteiger partial charge in [0.05, 0.1) is 12.4 Å². The molecule has 0 atom stereocenters. The van der Waals surface area contributed by atoms with E-state index >= 15 is 0 Å². The molecular weight excluding hydrogens is 256 g/mol. The first-order chi connectivity index (χ1) is 9.74. The molecule has 0 aliphatic carbocycles. The highest BCUT2D eigenvalue weighted by Crippen LogP contribution is 2.07. The van der Waals surface area contributed by atoms with Crippen LogP contribution < -0.4 is 5.73 Å². The number of carbonyl (C=O) groups excluding carboxylic acids is 1. The maximum Gasteiger partial charge on any atom is 0.274 e. The lowest BCUT2D eigenvalue weighted by molar-refractivity contribution is 0.0634. The second-order valence-corrected chi connectivity index (χ2v) is 4.83. The Labute approximate surface area is 118 Å². The minimum Gasteiger partial charge on any atom is -0.335 e. The van der Waals surface area contributed by atoms with Gasteiger partial charge in [0, 0.05) is 58.4 Å². The summed E-state index contributed by atoms with van der Waals surface area (Å²) in [7, 11) is 0. The molecule has 2 rings (SSSR count). The van der Waals surface area contributed by atoms with Crippen molar-refractivity contribution in [1.29, 1.82) is 5.26 Å². The van der Waals surface area contributed by atoms with E-state index in [1.165, 1.54) is 0 Å². The Bertz CT molecular complexity index is 483. The Morgan fingerprint density at radius 3 is 2.75 bits per heavy atom. The fourth-order valence-corrected chi connectivity index (χ4v) is 2.29. The van der Waals surface area contributed by atoms with Crippen LogP contribution in [-0.4, -0.2) is 64.5 Å². The third kappa shape index (κ3) is 3.56. The van der Waals surface area contributed by atoms with Crippen molar-refractivity contribution < 1.29 is 4.79 Å². The van der Waals surface area contributed by atoms with Crippen LogP contribution in [0.4, 0.5) is 0 Å². The van der Waals surface area contributed by atoms with E-state index in [0.29, 0.717) is 38.3 Å². The van der Waals surface area contributed by atoms with Gasteiger partial charge in [0.15, 0.2) is 0 Å². The number of nitrogens with two attached hydrogens (primary N) is 1. The molecule has 1 aromatic heterocycles. The lowest BCUT2D eigenvalue weighted by Crippen LogP contribution is -2.48. The minimum atomic E-state index is -0.0271. The SMILES string of the molecule is N#CCCN1CCN(C(=O)c2cn(CCN)cn2)CC1. The first kappa shape index (κ1) is 14.5. The van der Waals surface area contributed by atoms with Gasteiger partial charge in [-0.1, -0.05) is 0 Å². The van der Waals surface area contributed by atoms with Gasteiger partial charge in [0.25, 0.3) is 5.91 Å². The molecule has 1 amide bonds. The molecule has 0 saturated carbocycles. The average Bonchev–Trinajstić information content (AvgIpc) is 2.94. The Kier molecular flexibility index (Phi) is 5.09. The summed E-state index contributed by atoms with van der Waals surface area (Å²) in [5.41, 5.74) is 5.95. The highest BCUT2D eigenvalue weighted by molar-refractivity contribution is 5.92. The second kappa shape index (κ2) is 7.03. The smallest absolute Gasteiger partial charge is 0.274 e. The first-order valence-electron chi connectivity index (χ1n) is 6.85. The maximum absolute atomic E-state index is 12.3. The van der Waals surface area contributed by atoms with Crippen molar-refractivity contribution >= 4 is 5.91 Å². The van der Waals surface area contributed by atoms with Crippen molar-refractivity contribution in [3.63, 3.8) is 0 Å². The lowest BCUT2D eigenvalue weighted by Gasteiger charge is -2.33. The predicted molar refractivity (Wildman–Crippen MR) is 73.9 cm³/mol. The molecule has 20 heavy (non-hydrogen) atoms. The van der Waals surface area contributed by atoms with Crippen molar-refractivity contribution in [3.8, 4) is 6.07 Å². The van der Waals surface area contributed by atoms with E-state index < -0.39 is 0 Å². The molecule has 1 saturated heterocycles. The first-order valence-corrected chi connectivity index (χ1v) is 6.85. The quantitative estimate of drug-likeness (QED) is 0.784. The highest BCUT2D eigenvalue weighted by Gasteiger charge is 2.23. The predicted octanol–water partition coefficient (Wildman–Crippen LogP) is -0.487. The number of carbonyl (C=O) groups is 1. The number of imidazole rings is 1. The van der Waals surface area contributed by atoms with Crippen LogP contribution >= 0.6 is 0 Å². The van der Waals surface area contributed by atoms with Crippen molar-refractivity contribution in [1.82, 2.24) is 19.4 Å². The van der Waals surface area contributed by atoms with Crippen LogP contribution in [0.25, 0.3) is 0 Å². The summed E-state index contributed by atoms with van der Waals surface area (Å²) >= 11 is 0. The van der Waals surface area contributed by atoms with E-state index in [0.717, 1.165) is 19.6 Å². The molecule has 7 nitrogen and oxygen atoms in total. The average molecular weight is 276 g/mol. The fraction of sp³-hybridized carbons (Fsp3) is 0.615. The van der Waals surface area contributed by atoms with E-state index in [2.05, 4.69) is 16.0 Å². The van der Waals surface area contributed by atoms with Gasteiger partial charge in [-0.2, -0.15) is 5.26 Å². The van der Waals surface area contributed by atoms with Crippen molar-refractivity contribution in [2.75, 3.05) is 39.3 Å². The zero-order chi connectivity index (χ0) is 14.4. The maximum atomic E-state index is 12.3. The number of hydrogen-bond acceptors (Lipinski definition) is 5. The van der Waals surface area contributed by atoms with Gasteiger partial charge in [-0.05, 0) is 0 Å². The molecular formula is C13H20N6O. The third-order valence-electron chi connectivity index (χ3n) is 3.44. The van der Waals surface area contributed by atoms with Gasteiger partial charge >= 0.3 is 0 Å². The van der Waals surface area contributed by atoms with Crippen LogP contribution in [0.5, 0.6) is 0 Å². The summed E-state index contributed by atoms with van der Waals surface area (Å²) in [6, 6.07) is 2.14. The summed E-state index contributed by atoms with van der Waals surface area (Å²) in [6.07, 6.45) is 3.93. The number of piperazine rings is 1. The Morgan fingerprint density at radius 2 is 2.10 bits per heavy atom. The molecule has 1 aromatic rings. The molecule has 0 aromatic carbocycles. The molecule has 7 heteroatoms. The zero-order valence-electron chi connectivity index (χ0n) is 11.5. The molecule has 0 bridgehead atoms. The van der Waals surface area contributed by atoms with Crippen molar-refractivity contribution in [2.24, 2.45) is 5.73 Å². The van der Waals surface area contributed by atoms with Gasteiger partial charge in [0.1, 0.15) is 5.69 Å². The normalized spacial score (nSPS) is 16.1. The van der Waals surface area contributed by atoms with Crippen LogP contribution in [0.3, 0.4) is 0 Å². The van der Waals surface area contributed by atoms with Gasteiger partial charge in [0.2, 0.25) is 0 Å². The van der Waals surface area contributed by atoms with Crippen LogP contribution in [0.15, 0.2) is 12.5 Å². The third-order valence-corrected chi connectivity index (χ3v) is 3.44. The number of hydrogen-bond donors (Lipinski definition) is 1. The number of amides is 1. The Balaban J connectivity index is 1.86. The molecule has 0 unspecified atom stereocenters. The number of nitrogens with zero attached hydrogens (tertiary/aromatic N) is 5. The Hall–Kier alpha value is -1.91. The molecule has 1 aliphatic rings. The van der Waals surface area contributed by atoms with Crippen molar-refractivity contribution in [3.05, 3.63) is 18.2 Å². The topological polar surface area (TPSA) is 91.2 Å². The largest absolute Gasteiger partial charge is 0.335 e. The summed E-state index contributed by atoms with van der Waals surface area (Å²) in [5.74, 6) is -0.0271. The highest BCUT2D eigenvalue weighted by atomic mass is 16.2. The molecule has 0 radical (unpaired) electrons. The standard InChI is InChI=1S/C13H20N6O/c14-2-1-4-17-6-8-19(9-7-17)13(20)12-10-18(5-3-15)11-16-12/h10-11H,1,3-9,15H2. The minimum absolute atomic E-state index is 0.0271. The Morgan fingerprint density at radius 1 is 1.35 bits per heavy atom. The summed E-state index contributed by atoms with van der Waals surface area (Å²) in [5, 5.41) is 8.57. The summed E-state index contributed by atoms with van der Waals surface area (Å²) in [6.45, 7) is 4.99. The van der Waals surface area contributed by atoms with Crippen LogP contribution in [0.1, 0.15) is 16.9 Å².